The Hall–Kier alpha value is -5.36. The highest BCUT2D eigenvalue weighted by Gasteiger charge is 2.25. The first-order valence-corrected chi connectivity index (χ1v) is 12.0. The number of anilines is 1. The molecule has 4 aromatic heterocycles. The minimum Gasteiger partial charge on any atom is -0.458 e. The molecule has 6 aromatic rings. The molecule has 0 bridgehead atoms. The predicted molar refractivity (Wildman–Crippen MR) is 144 cm³/mol. The first kappa shape index (κ1) is 23.1. The molecule has 0 saturated carbocycles. The highest BCUT2D eigenvalue weighted by molar-refractivity contribution is 6.04. The second-order valence-electron chi connectivity index (χ2n) is 8.91. The van der Waals surface area contributed by atoms with Crippen LogP contribution >= 0.6 is 0 Å². The molecule has 0 spiro atoms. The summed E-state index contributed by atoms with van der Waals surface area (Å²) in [6.07, 6.45) is 6.89. The third kappa shape index (κ3) is 4.14. The van der Waals surface area contributed by atoms with E-state index < -0.39 is 6.04 Å². The summed E-state index contributed by atoms with van der Waals surface area (Å²) in [4.78, 5) is 17.6. The molecule has 6 rings (SSSR count). The van der Waals surface area contributed by atoms with Gasteiger partial charge in [-0.2, -0.15) is 5.10 Å². The number of nitrogens with two attached hydrogens (primary N) is 1. The van der Waals surface area contributed by atoms with E-state index in [1.54, 1.807) is 29.3 Å². The molecule has 0 aliphatic rings. The van der Waals surface area contributed by atoms with E-state index >= 15 is 0 Å². The van der Waals surface area contributed by atoms with Gasteiger partial charge in [-0.25, -0.2) is 9.50 Å². The maximum absolute atomic E-state index is 13.3. The van der Waals surface area contributed by atoms with Gasteiger partial charge in [0.15, 0.2) is 11.5 Å². The number of aromatic nitrogens is 5. The molecular formula is C29H23N7O2. The molecule has 9 nitrogen and oxygen atoms in total. The number of hydrogen-bond acceptors (Lipinski definition) is 6. The minimum absolute atomic E-state index is 0.109. The number of nitrogen functional groups attached to an aromatic ring is 1. The van der Waals surface area contributed by atoms with Crippen LogP contribution in [-0.2, 0) is 7.05 Å². The van der Waals surface area contributed by atoms with E-state index in [1.807, 2.05) is 68.7 Å². The van der Waals surface area contributed by atoms with Gasteiger partial charge >= 0.3 is 0 Å². The Kier molecular flexibility index (Phi) is 5.62. The summed E-state index contributed by atoms with van der Waals surface area (Å²) in [5, 5.41) is 12.3. The molecule has 9 heteroatoms. The van der Waals surface area contributed by atoms with E-state index in [9.17, 15) is 4.79 Å². The van der Waals surface area contributed by atoms with Crippen LogP contribution in [-0.4, -0.2) is 30.3 Å². The van der Waals surface area contributed by atoms with Crippen LogP contribution in [0.4, 0.5) is 5.82 Å². The van der Waals surface area contributed by atoms with Gasteiger partial charge in [-0.15, -0.1) is 5.10 Å². The van der Waals surface area contributed by atoms with Crippen molar-refractivity contribution in [3.63, 3.8) is 0 Å². The molecule has 1 amide bonds. The Morgan fingerprint density at radius 3 is 2.71 bits per heavy atom. The average Bonchev–Trinajstić information content (AvgIpc) is 3.61. The second-order valence-corrected chi connectivity index (χ2v) is 8.91. The van der Waals surface area contributed by atoms with Crippen LogP contribution in [0.5, 0.6) is 0 Å². The molecule has 0 unspecified atom stereocenters. The SMILES string of the molecule is C[C@H](NC(=O)c1c(N)nn2cccnc12)c1oc2ccc(C#Cc3cnn(C)c3)cc2c1-c1ccccc1. The second kappa shape index (κ2) is 9.26. The van der Waals surface area contributed by atoms with E-state index in [0.717, 1.165) is 27.6 Å². The Morgan fingerprint density at radius 1 is 1.11 bits per heavy atom. The van der Waals surface area contributed by atoms with Gasteiger partial charge in [-0.3, -0.25) is 9.48 Å². The lowest BCUT2D eigenvalue weighted by atomic mass is 9.98. The maximum atomic E-state index is 13.3. The first-order valence-electron chi connectivity index (χ1n) is 12.0. The number of amides is 1. The van der Waals surface area contributed by atoms with Crippen LogP contribution in [0.1, 0.15) is 40.2 Å². The molecule has 0 saturated heterocycles. The van der Waals surface area contributed by atoms with Crippen LogP contribution in [0.25, 0.3) is 27.7 Å². The Labute approximate surface area is 217 Å². The molecular weight excluding hydrogens is 478 g/mol. The van der Waals surface area contributed by atoms with Crippen LogP contribution in [0.2, 0.25) is 0 Å². The topological polar surface area (TPSA) is 116 Å². The summed E-state index contributed by atoms with van der Waals surface area (Å²) in [6.45, 7) is 1.88. The molecule has 186 valence electrons. The zero-order valence-electron chi connectivity index (χ0n) is 20.7. The number of nitrogens with one attached hydrogen (secondary N) is 1. The van der Waals surface area contributed by atoms with Crippen molar-refractivity contribution in [2.75, 3.05) is 5.73 Å². The first-order chi connectivity index (χ1) is 18.5. The fourth-order valence-corrected chi connectivity index (χ4v) is 4.49. The predicted octanol–water partition coefficient (Wildman–Crippen LogP) is 4.35. The van der Waals surface area contributed by atoms with Gasteiger partial charge in [0.05, 0.1) is 17.8 Å². The fraction of sp³-hybridized carbons (Fsp3) is 0.103. The van der Waals surface area contributed by atoms with Crippen molar-refractivity contribution in [1.29, 1.82) is 0 Å². The highest BCUT2D eigenvalue weighted by atomic mass is 16.3. The Bertz CT molecular complexity index is 1870. The number of furan rings is 1. The summed E-state index contributed by atoms with van der Waals surface area (Å²) in [7, 11) is 1.86. The van der Waals surface area contributed by atoms with Crippen molar-refractivity contribution >= 4 is 28.3 Å². The number of carbonyl (C=O) groups is 1. The molecule has 0 aliphatic carbocycles. The molecule has 0 aliphatic heterocycles. The molecule has 0 fully saturated rings. The third-order valence-electron chi connectivity index (χ3n) is 6.22. The highest BCUT2D eigenvalue weighted by Crippen LogP contribution is 2.38. The van der Waals surface area contributed by atoms with E-state index in [1.165, 1.54) is 4.52 Å². The summed E-state index contributed by atoms with van der Waals surface area (Å²) in [5.74, 6) is 6.71. The van der Waals surface area contributed by atoms with Crippen LogP contribution < -0.4 is 11.1 Å². The van der Waals surface area contributed by atoms with Crippen molar-refractivity contribution in [2.45, 2.75) is 13.0 Å². The summed E-state index contributed by atoms with van der Waals surface area (Å²) in [5.41, 5.74) is 10.9. The smallest absolute Gasteiger partial charge is 0.259 e. The van der Waals surface area contributed by atoms with E-state index in [-0.39, 0.29) is 17.3 Å². The Morgan fingerprint density at radius 2 is 1.92 bits per heavy atom. The van der Waals surface area contributed by atoms with Crippen LogP contribution in [0, 0.1) is 11.8 Å². The molecule has 1 atom stereocenters. The lowest BCUT2D eigenvalue weighted by Crippen LogP contribution is -2.27. The standard InChI is InChI=1S/C29H23N7O2/c1-18(33-29(37)25-27(30)34-36-14-6-13-31-28(25)36)26-24(21-7-4-3-5-8-21)22-15-19(11-12-23(22)38-26)9-10-20-16-32-35(2)17-20/h3-8,11-18H,1-2H3,(H2,30,34)(H,33,37)/t18-/m0/s1. The lowest BCUT2D eigenvalue weighted by molar-refractivity contribution is 0.0938. The largest absolute Gasteiger partial charge is 0.458 e. The van der Waals surface area contributed by atoms with E-state index in [4.69, 9.17) is 10.2 Å². The number of rotatable bonds is 4. The lowest BCUT2D eigenvalue weighted by Gasteiger charge is -2.14. The molecule has 4 heterocycles. The van der Waals surface area contributed by atoms with Gasteiger partial charge in [0.1, 0.15) is 16.9 Å². The maximum Gasteiger partial charge on any atom is 0.259 e. The van der Waals surface area contributed by atoms with Gasteiger partial charge in [0.2, 0.25) is 0 Å². The zero-order chi connectivity index (χ0) is 26.2. The molecule has 0 radical (unpaired) electrons. The number of fused-ring (bicyclic) bond motifs is 2. The fourth-order valence-electron chi connectivity index (χ4n) is 4.49. The number of benzene rings is 2. The van der Waals surface area contributed by atoms with Crippen molar-refractivity contribution < 1.29 is 9.21 Å². The number of aryl methyl sites for hydroxylation is 1. The van der Waals surface area contributed by atoms with Crippen molar-refractivity contribution in [3.05, 3.63) is 102 Å². The quantitative estimate of drug-likeness (QED) is 0.347. The van der Waals surface area contributed by atoms with Crippen molar-refractivity contribution in [3.8, 4) is 23.0 Å². The summed E-state index contributed by atoms with van der Waals surface area (Å²) in [6, 6.07) is 17.0. The number of hydrogen-bond donors (Lipinski definition) is 2. The number of carbonyl (C=O) groups excluding carboxylic acids is 1. The zero-order valence-corrected chi connectivity index (χ0v) is 20.7. The van der Waals surface area contributed by atoms with Crippen molar-refractivity contribution in [1.82, 2.24) is 29.7 Å². The number of nitrogens with zero attached hydrogens (tertiary/aromatic N) is 5. The summed E-state index contributed by atoms with van der Waals surface area (Å²) < 4.78 is 9.53. The van der Waals surface area contributed by atoms with Gasteiger partial charge in [0.25, 0.3) is 5.91 Å². The summed E-state index contributed by atoms with van der Waals surface area (Å²) >= 11 is 0. The van der Waals surface area contributed by atoms with E-state index in [0.29, 0.717) is 17.0 Å². The van der Waals surface area contributed by atoms with Gasteiger partial charge in [-0.1, -0.05) is 42.2 Å². The third-order valence-corrected chi connectivity index (χ3v) is 6.22. The Balaban J connectivity index is 1.40. The normalized spacial score (nSPS) is 11.8. The van der Waals surface area contributed by atoms with Gasteiger partial charge in [0, 0.05) is 42.2 Å². The molecule has 2 aromatic carbocycles. The molecule has 38 heavy (non-hydrogen) atoms. The van der Waals surface area contributed by atoms with Crippen LogP contribution in [0.3, 0.4) is 0 Å². The van der Waals surface area contributed by atoms with Gasteiger partial charge in [-0.05, 0) is 36.8 Å². The van der Waals surface area contributed by atoms with Crippen LogP contribution in [0.15, 0.2) is 83.8 Å². The monoisotopic (exact) mass is 501 g/mol. The van der Waals surface area contributed by atoms with E-state index in [2.05, 4.69) is 32.3 Å². The average molecular weight is 502 g/mol. The van der Waals surface area contributed by atoms with Gasteiger partial charge < -0.3 is 15.5 Å². The van der Waals surface area contributed by atoms with Crippen molar-refractivity contribution in [2.24, 2.45) is 7.05 Å². The molecule has 3 N–H and O–H groups in total. The minimum atomic E-state index is -0.479.